The van der Waals surface area contributed by atoms with Gasteiger partial charge in [-0.2, -0.15) is 0 Å². The van der Waals surface area contributed by atoms with E-state index in [0.29, 0.717) is 25.1 Å². The number of carbonyl (C=O) groups is 1. The number of nitrogens with zero attached hydrogens (tertiary/aromatic N) is 2. The van der Waals surface area contributed by atoms with Crippen LogP contribution in [0.15, 0.2) is 18.2 Å². The Morgan fingerprint density at radius 2 is 2.10 bits per heavy atom. The van der Waals surface area contributed by atoms with Crippen LogP contribution in [-0.4, -0.2) is 22.3 Å². The third-order valence-corrected chi connectivity index (χ3v) is 4.16. The highest BCUT2D eigenvalue weighted by atomic mass is 16.6. The van der Waals surface area contributed by atoms with E-state index in [1.54, 1.807) is 17.0 Å². The van der Waals surface area contributed by atoms with Crippen molar-refractivity contribution in [1.82, 2.24) is 4.90 Å². The van der Waals surface area contributed by atoms with Crippen LogP contribution in [0, 0.1) is 15.5 Å². The molecule has 1 amide bonds. The lowest BCUT2D eigenvalue weighted by Crippen LogP contribution is -2.30. The SMILES string of the molecule is CC1(C)CCC(=O)N(Cc2cccc([N+](=O)[O-])c2N)CC1. The number of nitro benzene ring substituents is 1. The molecule has 1 aliphatic heterocycles. The van der Waals surface area contributed by atoms with Crippen LogP contribution in [0.4, 0.5) is 11.4 Å². The van der Waals surface area contributed by atoms with Gasteiger partial charge in [0.15, 0.2) is 0 Å². The summed E-state index contributed by atoms with van der Waals surface area (Å²) in [5.41, 5.74) is 6.70. The summed E-state index contributed by atoms with van der Waals surface area (Å²) in [5.74, 6) is 0.0893. The highest BCUT2D eigenvalue weighted by molar-refractivity contribution is 5.77. The monoisotopic (exact) mass is 291 g/mol. The van der Waals surface area contributed by atoms with Gasteiger partial charge >= 0.3 is 0 Å². The van der Waals surface area contributed by atoms with E-state index in [1.807, 2.05) is 0 Å². The first kappa shape index (κ1) is 15.3. The fourth-order valence-electron chi connectivity index (χ4n) is 2.56. The minimum Gasteiger partial charge on any atom is -0.393 e. The lowest BCUT2D eigenvalue weighted by molar-refractivity contribution is -0.384. The van der Waals surface area contributed by atoms with Crippen molar-refractivity contribution in [1.29, 1.82) is 0 Å². The fourth-order valence-corrected chi connectivity index (χ4v) is 2.56. The average molecular weight is 291 g/mol. The van der Waals surface area contributed by atoms with Gasteiger partial charge in [-0.05, 0) is 18.3 Å². The largest absolute Gasteiger partial charge is 0.393 e. The molecular weight excluding hydrogens is 270 g/mol. The normalized spacial score (nSPS) is 18.4. The molecule has 6 nitrogen and oxygen atoms in total. The molecule has 1 aromatic carbocycles. The predicted octanol–water partition coefficient (Wildman–Crippen LogP) is 2.72. The Morgan fingerprint density at radius 3 is 2.76 bits per heavy atom. The highest BCUT2D eigenvalue weighted by Gasteiger charge is 2.28. The van der Waals surface area contributed by atoms with E-state index in [1.165, 1.54) is 6.07 Å². The van der Waals surface area contributed by atoms with E-state index >= 15 is 0 Å². The van der Waals surface area contributed by atoms with Gasteiger partial charge in [-0.25, -0.2) is 0 Å². The van der Waals surface area contributed by atoms with Crippen molar-refractivity contribution >= 4 is 17.3 Å². The van der Waals surface area contributed by atoms with Crippen molar-refractivity contribution in [3.8, 4) is 0 Å². The summed E-state index contributed by atoms with van der Waals surface area (Å²) in [6.07, 6.45) is 2.31. The quantitative estimate of drug-likeness (QED) is 0.526. The number of hydrogen-bond acceptors (Lipinski definition) is 4. The van der Waals surface area contributed by atoms with Crippen LogP contribution < -0.4 is 5.73 Å². The second-order valence-corrected chi connectivity index (χ2v) is 6.34. The van der Waals surface area contributed by atoms with Gasteiger partial charge in [0.05, 0.1) is 4.92 Å². The number of nitro groups is 1. The molecule has 0 radical (unpaired) electrons. The van der Waals surface area contributed by atoms with Gasteiger partial charge in [-0.3, -0.25) is 14.9 Å². The van der Waals surface area contributed by atoms with Crippen molar-refractivity contribution < 1.29 is 9.72 Å². The summed E-state index contributed by atoms with van der Waals surface area (Å²) in [4.78, 5) is 24.4. The molecular formula is C15H21N3O3. The van der Waals surface area contributed by atoms with Gasteiger partial charge in [0.25, 0.3) is 5.69 Å². The van der Waals surface area contributed by atoms with E-state index in [2.05, 4.69) is 13.8 Å². The number of benzene rings is 1. The van der Waals surface area contributed by atoms with Crippen molar-refractivity contribution in [3.63, 3.8) is 0 Å². The zero-order valence-electron chi connectivity index (χ0n) is 12.5. The Balaban J connectivity index is 2.20. The molecule has 0 aromatic heterocycles. The number of nitrogens with two attached hydrogens (primary N) is 1. The van der Waals surface area contributed by atoms with Gasteiger partial charge in [0.2, 0.25) is 5.91 Å². The van der Waals surface area contributed by atoms with Gasteiger partial charge < -0.3 is 10.6 Å². The van der Waals surface area contributed by atoms with Gasteiger partial charge in [0.1, 0.15) is 5.69 Å². The summed E-state index contributed by atoms with van der Waals surface area (Å²) in [7, 11) is 0. The lowest BCUT2D eigenvalue weighted by atomic mass is 9.85. The first-order chi connectivity index (χ1) is 9.80. The maximum atomic E-state index is 12.2. The number of carbonyl (C=O) groups excluding carboxylic acids is 1. The third-order valence-electron chi connectivity index (χ3n) is 4.16. The summed E-state index contributed by atoms with van der Waals surface area (Å²) < 4.78 is 0. The van der Waals surface area contributed by atoms with Crippen LogP contribution >= 0.6 is 0 Å². The third kappa shape index (κ3) is 3.51. The number of hydrogen-bond donors (Lipinski definition) is 1. The molecule has 0 saturated carbocycles. The number of amides is 1. The van der Waals surface area contributed by atoms with Crippen LogP contribution in [-0.2, 0) is 11.3 Å². The smallest absolute Gasteiger partial charge is 0.292 e. The van der Waals surface area contributed by atoms with Crippen molar-refractivity contribution in [2.24, 2.45) is 5.41 Å². The molecule has 0 unspecified atom stereocenters. The number of rotatable bonds is 3. The van der Waals surface area contributed by atoms with Crippen molar-refractivity contribution in [2.75, 3.05) is 12.3 Å². The zero-order valence-corrected chi connectivity index (χ0v) is 12.5. The summed E-state index contributed by atoms with van der Waals surface area (Å²) in [6.45, 7) is 5.31. The number of anilines is 1. The molecule has 2 rings (SSSR count). The standard InChI is InChI=1S/C15H21N3O3/c1-15(2)7-6-13(19)17(9-8-15)10-11-4-3-5-12(14(11)16)18(20)21/h3-5H,6-10,16H2,1-2H3. The summed E-state index contributed by atoms with van der Waals surface area (Å²) in [5, 5.41) is 10.9. The Bertz CT molecular complexity index is 569. The van der Waals surface area contributed by atoms with Crippen LogP contribution in [0.5, 0.6) is 0 Å². The van der Waals surface area contributed by atoms with Crippen LogP contribution in [0.1, 0.15) is 38.7 Å². The lowest BCUT2D eigenvalue weighted by Gasteiger charge is -2.23. The molecule has 0 atom stereocenters. The maximum absolute atomic E-state index is 12.2. The van der Waals surface area contributed by atoms with Crippen LogP contribution in [0.3, 0.4) is 0 Å². The second kappa shape index (κ2) is 5.71. The minimum absolute atomic E-state index is 0.0893. The Labute approximate surface area is 124 Å². The molecule has 21 heavy (non-hydrogen) atoms. The molecule has 0 spiro atoms. The van der Waals surface area contributed by atoms with Gasteiger partial charge in [0, 0.05) is 31.1 Å². The minimum atomic E-state index is -0.494. The Hall–Kier alpha value is -2.11. The van der Waals surface area contributed by atoms with Gasteiger partial charge in [-0.15, -0.1) is 0 Å². The van der Waals surface area contributed by atoms with E-state index in [9.17, 15) is 14.9 Å². The molecule has 1 aliphatic rings. The first-order valence-corrected chi connectivity index (χ1v) is 7.10. The van der Waals surface area contributed by atoms with Crippen LogP contribution in [0.2, 0.25) is 0 Å². The van der Waals surface area contributed by atoms with E-state index in [4.69, 9.17) is 5.73 Å². The average Bonchev–Trinajstić information content (AvgIpc) is 2.53. The zero-order chi connectivity index (χ0) is 15.6. The molecule has 114 valence electrons. The van der Waals surface area contributed by atoms with Crippen molar-refractivity contribution in [3.05, 3.63) is 33.9 Å². The Kier molecular flexibility index (Phi) is 4.16. The van der Waals surface area contributed by atoms with E-state index < -0.39 is 4.92 Å². The second-order valence-electron chi connectivity index (χ2n) is 6.34. The number of para-hydroxylation sites is 1. The number of nitrogen functional groups attached to an aromatic ring is 1. The van der Waals surface area contributed by atoms with E-state index in [0.717, 1.165) is 12.8 Å². The van der Waals surface area contributed by atoms with Crippen molar-refractivity contribution in [2.45, 2.75) is 39.7 Å². The summed E-state index contributed by atoms with van der Waals surface area (Å²) >= 11 is 0. The Morgan fingerprint density at radius 1 is 1.38 bits per heavy atom. The van der Waals surface area contributed by atoms with Crippen LogP contribution in [0.25, 0.3) is 0 Å². The first-order valence-electron chi connectivity index (χ1n) is 7.10. The highest BCUT2D eigenvalue weighted by Crippen LogP contribution is 2.32. The molecule has 1 fully saturated rings. The molecule has 0 aliphatic carbocycles. The molecule has 1 heterocycles. The molecule has 1 saturated heterocycles. The topological polar surface area (TPSA) is 89.5 Å². The molecule has 1 aromatic rings. The molecule has 2 N–H and O–H groups in total. The summed E-state index contributed by atoms with van der Waals surface area (Å²) in [6, 6.07) is 4.73. The predicted molar refractivity (Wildman–Crippen MR) is 80.6 cm³/mol. The van der Waals surface area contributed by atoms with E-state index in [-0.39, 0.29) is 22.7 Å². The fraction of sp³-hybridized carbons (Fsp3) is 0.533. The molecule has 0 bridgehead atoms. The number of likely N-dealkylation sites (tertiary alicyclic amines) is 1. The molecule has 6 heteroatoms. The maximum Gasteiger partial charge on any atom is 0.292 e. The van der Waals surface area contributed by atoms with Gasteiger partial charge in [-0.1, -0.05) is 26.0 Å².